The van der Waals surface area contributed by atoms with E-state index in [9.17, 15) is 0 Å². The van der Waals surface area contributed by atoms with Gasteiger partial charge in [-0.3, -0.25) is 0 Å². The van der Waals surface area contributed by atoms with E-state index >= 15 is 0 Å². The van der Waals surface area contributed by atoms with Crippen LogP contribution >= 0.6 is 11.8 Å². The van der Waals surface area contributed by atoms with Crippen molar-refractivity contribution in [3.05, 3.63) is 29.7 Å². The van der Waals surface area contributed by atoms with Crippen LogP contribution in [0.2, 0.25) is 0 Å². The molecule has 0 aliphatic heterocycles. The molecule has 3 N–H and O–H groups in total. The summed E-state index contributed by atoms with van der Waals surface area (Å²) in [6.07, 6.45) is 0. The molecule has 0 amide bonds. The SMILES string of the molecule is Cc1nnc(SCc2cccc(NN)n2)n1C. The maximum atomic E-state index is 5.31. The smallest absolute Gasteiger partial charge is 0.191 e. The van der Waals surface area contributed by atoms with E-state index in [2.05, 4.69) is 20.6 Å². The normalized spacial score (nSPS) is 10.5. The average Bonchev–Trinajstić information content (AvgIpc) is 2.68. The summed E-state index contributed by atoms with van der Waals surface area (Å²) in [4.78, 5) is 4.33. The Morgan fingerprint density at radius 2 is 2.24 bits per heavy atom. The zero-order valence-electron chi connectivity index (χ0n) is 9.71. The van der Waals surface area contributed by atoms with Crippen LogP contribution in [0.15, 0.2) is 23.4 Å². The second kappa shape index (κ2) is 5.15. The largest absolute Gasteiger partial charge is 0.309 e. The zero-order chi connectivity index (χ0) is 12.3. The van der Waals surface area contributed by atoms with Crippen LogP contribution in [0.5, 0.6) is 0 Å². The van der Waals surface area contributed by atoms with Gasteiger partial charge in [-0.25, -0.2) is 10.8 Å². The first kappa shape index (κ1) is 11.9. The van der Waals surface area contributed by atoms with E-state index in [1.807, 2.05) is 36.7 Å². The minimum absolute atomic E-state index is 0.664. The lowest BCUT2D eigenvalue weighted by molar-refractivity contribution is 0.765. The predicted octanol–water partition coefficient (Wildman–Crippen LogP) is 1.10. The number of nitrogens with one attached hydrogen (secondary N) is 1. The van der Waals surface area contributed by atoms with Crippen molar-refractivity contribution in [1.29, 1.82) is 0 Å². The molecule has 0 radical (unpaired) electrons. The molecule has 0 spiro atoms. The van der Waals surface area contributed by atoms with Crippen LogP contribution < -0.4 is 11.3 Å². The number of thioether (sulfide) groups is 1. The van der Waals surface area contributed by atoms with E-state index in [0.29, 0.717) is 5.82 Å². The fourth-order valence-corrected chi connectivity index (χ4v) is 2.15. The van der Waals surface area contributed by atoms with Crippen molar-refractivity contribution < 1.29 is 0 Å². The molecule has 2 aromatic rings. The summed E-state index contributed by atoms with van der Waals surface area (Å²) >= 11 is 1.60. The van der Waals surface area contributed by atoms with Gasteiger partial charge in [0.1, 0.15) is 11.6 Å². The van der Waals surface area contributed by atoms with Gasteiger partial charge in [0, 0.05) is 12.8 Å². The van der Waals surface area contributed by atoms with Gasteiger partial charge < -0.3 is 9.99 Å². The Hall–Kier alpha value is -1.60. The fraction of sp³-hybridized carbons (Fsp3) is 0.300. The third-order valence-electron chi connectivity index (χ3n) is 2.36. The number of nitrogen functional groups attached to an aromatic ring is 1. The molecule has 6 nitrogen and oxygen atoms in total. The standard InChI is InChI=1S/C10H14N6S/c1-7-14-15-10(16(7)2)17-6-8-4-3-5-9(12-8)13-11/h3-5H,6,11H2,1-2H3,(H,12,13). The summed E-state index contributed by atoms with van der Waals surface area (Å²) in [5, 5.41) is 8.97. The van der Waals surface area contributed by atoms with Crippen LogP contribution in [-0.2, 0) is 12.8 Å². The Morgan fingerprint density at radius 3 is 2.88 bits per heavy atom. The molecule has 90 valence electrons. The van der Waals surface area contributed by atoms with Crippen LogP contribution in [0, 0.1) is 6.92 Å². The van der Waals surface area contributed by atoms with E-state index in [4.69, 9.17) is 5.84 Å². The maximum Gasteiger partial charge on any atom is 0.191 e. The number of hydrogen-bond donors (Lipinski definition) is 2. The van der Waals surface area contributed by atoms with E-state index in [0.717, 1.165) is 22.4 Å². The summed E-state index contributed by atoms with van der Waals surface area (Å²) < 4.78 is 1.95. The Morgan fingerprint density at radius 1 is 1.41 bits per heavy atom. The van der Waals surface area contributed by atoms with Crippen molar-refractivity contribution in [3.8, 4) is 0 Å². The number of aromatic nitrogens is 4. The van der Waals surface area contributed by atoms with Crippen molar-refractivity contribution in [2.45, 2.75) is 17.8 Å². The molecule has 0 unspecified atom stereocenters. The van der Waals surface area contributed by atoms with Crippen molar-refractivity contribution in [2.75, 3.05) is 5.43 Å². The van der Waals surface area contributed by atoms with Crippen LogP contribution in [0.25, 0.3) is 0 Å². The summed E-state index contributed by atoms with van der Waals surface area (Å²) in [7, 11) is 1.95. The Kier molecular flexibility index (Phi) is 3.60. The third kappa shape index (κ3) is 2.75. The molecule has 2 rings (SSSR count). The van der Waals surface area contributed by atoms with Gasteiger partial charge >= 0.3 is 0 Å². The van der Waals surface area contributed by atoms with Crippen LogP contribution in [-0.4, -0.2) is 19.7 Å². The number of hydrazine groups is 1. The molecule has 0 bridgehead atoms. The monoisotopic (exact) mass is 250 g/mol. The molecule has 17 heavy (non-hydrogen) atoms. The van der Waals surface area contributed by atoms with Crippen LogP contribution in [0.4, 0.5) is 5.82 Å². The fourth-order valence-electron chi connectivity index (χ4n) is 1.29. The van der Waals surface area contributed by atoms with Gasteiger partial charge in [-0.2, -0.15) is 0 Å². The molecule has 2 aromatic heterocycles. The Labute approximate surface area is 104 Å². The number of nitrogens with two attached hydrogens (primary N) is 1. The first-order valence-corrected chi connectivity index (χ1v) is 6.10. The van der Waals surface area contributed by atoms with Crippen LogP contribution in [0.1, 0.15) is 11.5 Å². The summed E-state index contributed by atoms with van der Waals surface area (Å²) in [5.41, 5.74) is 3.48. The highest BCUT2D eigenvalue weighted by molar-refractivity contribution is 7.98. The molecular weight excluding hydrogens is 236 g/mol. The van der Waals surface area contributed by atoms with Crippen molar-refractivity contribution in [3.63, 3.8) is 0 Å². The molecule has 7 heteroatoms. The quantitative estimate of drug-likeness (QED) is 0.480. The van der Waals surface area contributed by atoms with E-state index in [1.54, 1.807) is 11.8 Å². The predicted molar refractivity (Wildman–Crippen MR) is 67.3 cm³/mol. The number of anilines is 1. The van der Waals surface area contributed by atoms with Crippen molar-refractivity contribution in [2.24, 2.45) is 12.9 Å². The summed E-state index contributed by atoms with van der Waals surface area (Å²) in [6, 6.07) is 5.69. The molecule has 0 aromatic carbocycles. The van der Waals surface area contributed by atoms with Gasteiger partial charge in [0.05, 0.1) is 5.69 Å². The van der Waals surface area contributed by atoms with Crippen molar-refractivity contribution in [1.82, 2.24) is 19.7 Å². The average molecular weight is 250 g/mol. The number of rotatable bonds is 4. The van der Waals surface area contributed by atoms with Gasteiger partial charge in [-0.05, 0) is 19.1 Å². The number of pyridine rings is 1. The van der Waals surface area contributed by atoms with Gasteiger partial charge in [0.2, 0.25) is 0 Å². The first-order valence-electron chi connectivity index (χ1n) is 5.12. The highest BCUT2D eigenvalue weighted by Gasteiger charge is 2.06. The van der Waals surface area contributed by atoms with Gasteiger partial charge in [0.25, 0.3) is 0 Å². The molecule has 0 saturated carbocycles. The third-order valence-corrected chi connectivity index (χ3v) is 3.41. The number of aryl methyl sites for hydroxylation is 1. The highest BCUT2D eigenvalue weighted by atomic mass is 32.2. The lowest BCUT2D eigenvalue weighted by Crippen LogP contribution is -2.08. The highest BCUT2D eigenvalue weighted by Crippen LogP contribution is 2.20. The van der Waals surface area contributed by atoms with Gasteiger partial charge in [-0.15, -0.1) is 10.2 Å². The zero-order valence-corrected chi connectivity index (χ0v) is 10.5. The minimum Gasteiger partial charge on any atom is -0.309 e. The number of nitrogens with zero attached hydrogens (tertiary/aromatic N) is 4. The molecule has 0 fully saturated rings. The summed E-state index contributed by atoms with van der Waals surface area (Å²) in [5.74, 6) is 7.61. The maximum absolute atomic E-state index is 5.31. The topological polar surface area (TPSA) is 81.7 Å². The molecule has 0 atom stereocenters. The Bertz CT molecular complexity index is 509. The van der Waals surface area contributed by atoms with E-state index in [1.165, 1.54) is 0 Å². The first-order chi connectivity index (χ1) is 8.20. The summed E-state index contributed by atoms with van der Waals surface area (Å²) in [6.45, 7) is 1.92. The minimum atomic E-state index is 0.664. The second-order valence-corrected chi connectivity index (χ2v) is 4.48. The second-order valence-electron chi connectivity index (χ2n) is 3.54. The molecule has 0 aliphatic carbocycles. The number of hydrogen-bond acceptors (Lipinski definition) is 6. The van der Waals surface area contributed by atoms with Crippen LogP contribution in [0.3, 0.4) is 0 Å². The van der Waals surface area contributed by atoms with E-state index < -0.39 is 0 Å². The molecular formula is C10H14N6S. The lowest BCUT2D eigenvalue weighted by Gasteiger charge is -2.03. The van der Waals surface area contributed by atoms with Gasteiger partial charge in [0.15, 0.2) is 5.16 Å². The Balaban J connectivity index is 2.04. The lowest BCUT2D eigenvalue weighted by atomic mass is 10.4. The van der Waals surface area contributed by atoms with Crippen molar-refractivity contribution >= 4 is 17.6 Å². The molecule has 0 saturated heterocycles. The molecule has 0 aliphatic rings. The van der Waals surface area contributed by atoms with Gasteiger partial charge in [-0.1, -0.05) is 17.8 Å². The molecule has 2 heterocycles. The van der Waals surface area contributed by atoms with E-state index in [-0.39, 0.29) is 0 Å².